The molecule has 2 N–H and O–H groups in total. The minimum Gasteiger partial charge on any atom is -0.493 e. The molecule has 0 spiro atoms. The zero-order valence-electron chi connectivity index (χ0n) is 18.0. The monoisotopic (exact) mass is 451 g/mol. The van der Waals surface area contributed by atoms with Gasteiger partial charge in [-0.1, -0.05) is 12.1 Å². The van der Waals surface area contributed by atoms with Crippen molar-refractivity contribution in [2.24, 2.45) is 0 Å². The molecule has 0 bridgehead atoms. The molecule has 0 aliphatic carbocycles. The molecule has 4 rings (SSSR count). The molecule has 2 aliphatic heterocycles. The van der Waals surface area contributed by atoms with Gasteiger partial charge in [0, 0.05) is 63.1 Å². The zero-order chi connectivity index (χ0) is 22.7. The average molecular weight is 451 g/mol. The second kappa shape index (κ2) is 9.60. The van der Waals surface area contributed by atoms with E-state index in [-0.39, 0.29) is 24.8 Å². The van der Waals surface area contributed by atoms with Gasteiger partial charge in [0.05, 0.1) is 13.2 Å². The van der Waals surface area contributed by atoms with Gasteiger partial charge in [-0.2, -0.15) is 13.2 Å². The van der Waals surface area contributed by atoms with Crippen LogP contribution < -0.4 is 15.0 Å². The molecule has 1 fully saturated rings. The van der Waals surface area contributed by atoms with Crippen molar-refractivity contribution in [3.8, 4) is 5.75 Å². The predicted octanol–water partition coefficient (Wildman–Crippen LogP) is 2.48. The van der Waals surface area contributed by atoms with Crippen LogP contribution in [0.1, 0.15) is 35.7 Å². The Morgan fingerprint density at radius 1 is 1.12 bits per heavy atom. The minimum absolute atomic E-state index is 0.0687. The van der Waals surface area contributed by atoms with Crippen LogP contribution in [0.2, 0.25) is 0 Å². The fraction of sp³-hybridized carbons (Fsp3) is 0.545. The Hall–Kier alpha value is -2.43. The van der Waals surface area contributed by atoms with E-state index in [0.29, 0.717) is 19.0 Å². The van der Waals surface area contributed by atoms with E-state index in [1.54, 1.807) is 0 Å². The average Bonchev–Trinajstić information content (AvgIpc) is 3.26. The molecule has 1 aromatic heterocycles. The Morgan fingerprint density at radius 2 is 1.84 bits per heavy atom. The van der Waals surface area contributed by atoms with Crippen LogP contribution in [0.3, 0.4) is 0 Å². The van der Waals surface area contributed by atoms with E-state index in [1.165, 1.54) is 23.5 Å². The molecule has 1 aromatic carbocycles. The number of aliphatic hydroxyl groups excluding tert-OH is 1. The first-order valence-corrected chi connectivity index (χ1v) is 10.8. The third-order valence-electron chi connectivity index (χ3n) is 6.13. The molecule has 2 aliphatic rings. The fourth-order valence-electron chi connectivity index (χ4n) is 4.24. The van der Waals surface area contributed by atoms with Crippen LogP contribution in [0.4, 0.5) is 19.1 Å². The van der Waals surface area contributed by atoms with E-state index in [0.717, 1.165) is 31.9 Å². The maximum atomic E-state index is 13.3. The number of rotatable bonds is 7. The molecule has 174 valence electrons. The number of ether oxygens (including phenoxy) is 1. The SMILES string of the molecule is CC(c1ccc2c(c1)OCC2)N1CCN(c2ncc(C(NCCO)C(F)(F)F)cn2)CC1. The Morgan fingerprint density at radius 3 is 2.50 bits per heavy atom. The third-order valence-corrected chi connectivity index (χ3v) is 6.13. The normalized spacial score (nSPS) is 18.8. The molecule has 1 saturated heterocycles. The van der Waals surface area contributed by atoms with Gasteiger partial charge in [0.15, 0.2) is 0 Å². The summed E-state index contributed by atoms with van der Waals surface area (Å²) in [5, 5.41) is 11.1. The maximum Gasteiger partial charge on any atom is 0.408 e. The van der Waals surface area contributed by atoms with Gasteiger partial charge < -0.3 is 20.1 Å². The largest absolute Gasteiger partial charge is 0.493 e. The molecular weight excluding hydrogens is 423 g/mol. The standard InChI is InChI=1S/C22H28F3N5O2/c1-15(17-3-2-16-4-11-32-19(16)12-17)29-6-8-30(9-7-29)21-27-13-18(14-28-21)20(22(23,24)25)26-5-10-31/h2-3,12-15,20,26,31H,4-11H2,1H3. The Balaban J connectivity index is 1.36. The molecule has 0 saturated carbocycles. The van der Waals surface area contributed by atoms with E-state index in [9.17, 15) is 13.2 Å². The second-order valence-electron chi connectivity index (χ2n) is 8.13. The highest BCUT2D eigenvalue weighted by atomic mass is 19.4. The maximum absolute atomic E-state index is 13.3. The van der Waals surface area contributed by atoms with E-state index in [1.807, 2.05) is 4.90 Å². The Labute approximate surface area is 185 Å². The van der Waals surface area contributed by atoms with E-state index >= 15 is 0 Å². The molecular formula is C22H28F3N5O2. The highest BCUT2D eigenvalue weighted by Gasteiger charge is 2.41. The number of benzene rings is 1. The summed E-state index contributed by atoms with van der Waals surface area (Å²) >= 11 is 0. The number of hydrogen-bond donors (Lipinski definition) is 2. The summed E-state index contributed by atoms with van der Waals surface area (Å²) in [7, 11) is 0. The molecule has 32 heavy (non-hydrogen) atoms. The number of alkyl halides is 3. The first-order valence-electron chi connectivity index (χ1n) is 10.8. The number of hydrogen-bond acceptors (Lipinski definition) is 7. The number of aliphatic hydroxyl groups is 1. The van der Waals surface area contributed by atoms with Crippen LogP contribution >= 0.6 is 0 Å². The quantitative estimate of drug-likeness (QED) is 0.670. The van der Waals surface area contributed by atoms with E-state index < -0.39 is 12.2 Å². The lowest BCUT2D eigenvalue weighted by atomic mass is 10.0. The van der Waals surface area contributed by atoms with Crippen LogP contribution in [0.15, 0.2) is 30.6 Å². The summed E-state index contributed by atoms with van der Waals surface area (Å²) in [5.41, 5.74) is 2.40. The van der Waals surface area contributed by atoms with Gasteiger partial charge in [-0.25, -0.2) is 9.97 Å². The van der Waals surface area contributed by atoms with Crippen molar-refractivity contribution in [1.29, 1.82) is 0 Å². The van der Waals surface area contributed by atoms with Crippen LogP contribution in [0, 0.1) is 0 Å². The summed E-state index contributed by atoms with van der Waals surface area (Å²) < 4.78 is 45.6. The molecule has 2 unspecified atom stereocenters. The lowest BCUT2D eigenvalue weighted by Crippen LogP contribution is -2.47. The topological polar surface area (TPSA) is 73.8 Å². The lowest BCUT2D eigenvalue weighted by Gasteiger charge is -2.38. The Bertz CT molecular complexity index is 901. The van der Waals surface area contributed by atoms with Crippen molar-refractivity contribution < 1.29 is 23.0 Å². The number of fused-ring (bicyclic) bond motifs is 1. The van der Waals surface area contributed by atoms with E-state index in [4.69, 9.17) is 9.84 Å². The van der Waals surface area contributed by atoms with Crippen molar-refractivity contribution in [3.63, 3.8) is 0 Å². The smallest absolute Gasteiger partial charge is 0.408 e. The minimum atomic E-state index is -4.50. The fourth-order valence-corrected chi connectivity index (χ4v) is 4.24. The van der Waals surface area contributed by atoms with Crippen LogP contribution in [0.25, 0.3) is 0 Å². The summed E-state index contributed by atoms with van der Waals surface area (Å²) in [6.45, 7) is 5.35. The molecule has 10 heteroatoms. The summed E-state index contributed by atoms with van der Waals surface area (Å²) in [4.78, 5) is 12.7. The summed E-state index contributed by atoms with van der Waals surface area (Å²) in [6, 6.07) is 4.76. The number of piperazine rings is 1. The predicted molar refractivity (Wildman–Crippen MR) is 114 cm³/mol. The Kier molecular flexibility index (Phi) is 6.82. The van der Waals surface area contributed by atoms with E-state index in [2.05, 4.69) is 45.3 Å². The van der Waals surface area contributed by atoms with Gasteiger partial charge in [-0.15, -0.1) is 0 Å². The van der Waals surface area contributed by atoms with Gasteiger partial charge in [0.25, 0.3) is 0 Å². The van der Waals surface area contributed by atoms with Gasteiger partial charge in [-0.05, 0) is 24.1 Å². The first kappa shape index (κ1) is 22.8. The number of nitrogens with one attached hydrogen (secondary N) is 1. The first-order chi connectivity index (χ1) is 15.4. The third kappa shape index (κ3) is 4.97. The number of halogens is 3. The van der Waals surface area contributed by atoms with Crippen molar-refractivity contribution in [2.45, 2.75) is 31.6 Å². The van der Waals surface area contributed by atoms with Gasteiger partial charge in [0.1, 0.15) is 11.8 Å². The molecule has 0 radical (unpaired) electrons. The van der Waals surface area contributed by atoms with Gasteiger partial charge >= 0.3 is 6.18 Å². The summed E-state index contributed by atoms with van der Waals surface area (Å²) in [6.07, 6.45) is -1.11. The highest BCUT2D eigenvalue weighted by Crippen LogP contribution is 2.33. The van der Waals surface area contributed by atoms with Crippen LogP contribution in [0.5, 0.6) is 5.75 Å². The molecule has 2 atom stereocenters. The van der Waals surface area contributed by atoms with Gasteiger partial charge in [-0.3, -0.25) is 4.90 Å². The summed E-state index contributed by atoms with van der Waals surface area (Å²) in [5.74, 6) is 1.40. The highest BCUT2D eigenvalue weighted by molar-refractivity contribution is 5.41. The molecule has 7 nitrogen and oxygen atoms in total. The van der Waals surface area contributed by atoms with Crippen molar-refractivity contribution in [3.05, 3.63) is 47.3 Å². The number of nitrogens with zero attached hydrogens (tertiary/aromatic N) is 4. The molecule has 0 amide bonds. The number of anilines is 1. The zero-order valence-corrected chi connectivity index (χ0v) is 18.0. The van der Waals surface area contributed by atoms with Crippen LogP contribution in [-0.2, 0) is 6.42 Å². The second-order valence-corrected chi connectivity index (χ2v) is 8.13. The molecule has 2 aromatic rings. The van der Waals surface area contributed by atoms with Crippen molar-refractivity contribution in [1.82, 2.24) is 20.2 Å². The van der Waals surface area contributed by atoms with Crippen molar-refractivity contribution in [2.75, 3.05) is 50.8 Å². The van der Waals surface area contributed by atoms with Crippen LogP contribution in [-0.4, -0.2) is 72.1 Å². The lowest BCUT2D eigenvalue weighted by molar-refractivity contribution is -0.158. The van der Waals surface area contributed by atoms with Gasteiger partial charge in [0.2, 0.25) is 5.95 Å². The number of aromatic nitrogens is 2. The molecule has 3 heterocycles. The van der Waals surface area contributed by atoms with Crippen molar-refractivity contribution >= 4 is 5.95 Å².